The quantitative estimate of drug-likeness (QED) is 0.499. The molecule has 9 nitrogen and oxygen atoms in total. The van der Waals surface area contributed by atoms with Crippen molar-refractivity contribution in [2.75, 3.05) is 15.6 Å². The Bertz CT molecular complexity index is 1360. The van der Waals surface area contributed by atoms with E-state index in [0.717, 1.165) is 4.70 Å². The normalized spacial score (nSPS) is 19.5. The van der Waals surface area contributed by atoms with Crippen LogP contribution in [0.3, 0.4) is 0 Å². The molecule has 2 heterocycles. The van der Waals surface area contributed by atoms with Gasteiger partial charge in [-0.2, -0.15) is 0 Å². The van der Waals surface area contributed by atoms with Crippen molar-refractivity contribution in [3.05, 3.63) is 60.2 Å². The Morgan fingerprint density at radius 1 is 1.06 bits per heavy atom. The minimum absolute atomic E-state index is 0.170. The van der Waals surface area contributed by atoms with Crippen molar-refractivity contribution < 1.29 is 19.2 Å². The van der Waals surface area contributed by atoms with Crippen molar-refractivity contribution in [2.45, 2.75) is 19.8 Å². The second kappa shape index (κ2) is 8.71. The van der Waals surface area contributed by atoms with Gasteiger partial charge < -0.3 is 5.32 Å². The van der Waals surface area contributed by atoms with Gasteiger partial charge in [0.05, 0.1) is 27.7 Å². The van der Waals surface area contributed by atoms with Crippen LogP contribution < -0.4 is 21.1 Å². The number of nitrogens with zero attached hydrogens (tertiary/aromatic N) is 2. The molecule has 1 aromatic heterocycles. The molecule has 4 amide bonds. The maximum atomic E-state index is 13.0. The highest BCUT2D eigenvalue weighted by atomic mass is 32.1. The van der Waals surface area contributed by atoms with Gasteiger partial charge in [-0.05, 0) is 49.2 Å². The van der Waals surface area contributed by atoms with Crippen LogP contribution in [0.2, 0.25) is 0 Å². The second-order valence-electron chi connectivity index (χ2n) is 8.19. The number of hydrogen-bond donors (Lipinski definition) is 3. The van der Waals surface area contributed by atoms with Gasteiger partial charge in [-0.15, -0.1) is 0 Å². The fourth-order valence-electron chi connectivity index (χ4n) is 4.20. The first-order valence-corrected chi connectivity index (χ1v) is 11.6. The predicted octanol–water partition coefficient (Wildman–Crippen LogP) is 3.47. The molecule has 0 spiro atoms. The van der Waals surface area contributed by atoms with Crippen molar-refractivity contribution in [1.82, 2.24) is 10.4 Å². The van der Waals surface area contributed by atoms with Gasteiger partial charge in [0.25, 0.3) is 5.91 Å². The van der Waals surface area contributed by atoms with Gasteiger partial charge in [-0.1, -0.05) is 29.6 Å². The Morgan fingerprint density at radius 2 is 1.85 bits per heavy atom. The van der Waals surface area contributed by atoms with Crippen LogP contribution in [0.25, 0.3) is 10.2 Å². The summed E-state index contributed by atoms with van der Waals surface area (Å²) in [5.41, 5.74) is 4.76. The van der Waals surface area contributed by atoms with E-state index < -0.39 is 11.8 Å². The van der Waals surface area contributed by atoms with E-state index in [2.05, 4.69) is 21.0 Å². The van der Waals surface area contributed by atoms with E-state index >= 15 is 0 Å². The smallest absolute Gasteiger partial charge is 0.257 e. The van der Waals surface area contributed by atoms with Gasteiger partial charge in [0, 0.05) is 18.2 Å². The number of hydrogen-bond acceptors (Lipinski definition) is 6. The van der Waals surface area contributed by atoms with Crippen LogP contribution >= 0.6 is 11.3 Å². The number of aromatic nitrogens is 1. The average molecular weight is 476 g/mol. The molecule has 0 saturated carbocycles. The van der Waals surface area contributed by atoms with E-state index in [0.29, 0.717) is 40.4 Å². The molecule has 10 heteroatoms. The summed E-state index contributed by atoms with van der Waals surface area (Å²) < 4.78 is 0.813. The maximum Gasteiger partial charge on any atom is 0.257 e. The van der Waals surface area contributed by atoms with E-state index in [1.807, 2.05) is 12.2 Å². The van der Waals surface area contributed by atoms with Crippen LogP contribution in [0.5, 0.6) is 0 Å². The fourth-order valence-corrected chi connectivity index (χ4v) is 5.10. The Balaban J connectivity index is 1.35. The van der Waals surface area contributed by atoms with E-state index in [1.165, 1.54) is 23.3 Å². The van der Waals surface area contributed by atoms with Gasteiger partial charge >= 0.3 is 0 Å². The molecule has 2 aromatic carbocycles. The first-order chi connectivity index (χ1) is 16.4. The standard InChI is InChI=1S/C24H21N5O4S/c1-13(30)25-15-9-10-19-20(12-15)34-24(26-19)27-21(31)14-5-4-6-16(11-14)29-23(33)18-8-3-2-7-17(18)22(32)28-29/h2-6,9-12,17-18H,7-8H2,1H3,(H,25,30)(H,28,32)(H,26,27,31). The SMILES string of the molecule is CC(=O)Nc1ccc2nc(NC(=O)c3cccc(N4NC(=O)C5CC=CCC5C4=O)c3)sc2c1. The lowest BCUT2D eigenvalue weighted by molar-refractivity contribution is -0.139. The van der Waals surface area contributed by atoms with Gasteiger partial charge in [0.2, 0.25) is 17.7 Å². The lowest BCUT2D eigenvalue weighted by atomic mass is 9.80. The maximum absolute atomic E-state index is 13.0. The highest BCUT2D eigenvalue weighted by molar-refractivity contribution is 7.22. The first-order valence-electron chi connectivity index (χ1n) is 10.8. The second-order valence-corrected chi connectivity index (χ2v) is 9.22. The number of fused-ring (bicyclic) bond motifs is 2. The topological polar surface area (TPSA) is 120 Å². The molecule has 2 unspecified atom stereocenters. The molecule has 172 valence electrons. The van der Waals surface area contributed by atoms with Crippen molar-refractivity contribution in [3.63, 3.8) is 0 Å². The molecule has 3 aromatic rings. The van der Waals surface area contributed by atoms with Crippen LogP contribution in [-0.2, 0) is 14.4 Å². The molecule has 3 N–H and O–H groups in total. The highest BCUT2D eigenvalue weighted by Gasteiger charge is 2.42. The summed E-state index contributed by atoms with van der Waals surface area (Å²) in [6.07, 6.45) is 4.93. The van der Waals surface area contributed by atoms with E-state index in [-0.39, 0.29) is 23.6 Å². The lowest BCUT2D eigenvalue weighted by Gasteiger charge is -2.38. The van der Waals surface area contributed by atoms with E-state index in [4.69, 9.17) is 0 Å². The minimum Gasteiger partial charge on any atom is -0.326 e. The average Bonchev–Trinajstić information content (AvgIpc) is 3.22. The molecule has 34 heavy (non-hydrogen) atoms. The third-order valence-electron chi connectivity index (χ3n) is 5.82. The summed E-state index contributed by atoms with van der Waals surface area (Å²) in [7, 11) is 0. The van der Waals surface area contributed by atoms with Crippen LogP contribution in [0.1, 0.15) is 30.1 Å². The van der Waals surface area contributed by atoms with Gasteiger partial charge in [0.1, 0.15) is 0 Å². The number of hydrazine groups is 1. The van der Waals surface area contributed by atoms with E-state index in [1.54, 1.807) is 42.5 Å². The Labute approximate surface area is 198 Å². The zero-order chi connectivity index (χ0) is 23.8. The number of nitrogens with one attached hydrogen (secondary N) is 3. The molecule has 2 aliphatic rings. The van der Waals surface area contributed by atoms with Crippen LogP contribution in [0, 0.1) is 11.8 Å². The molecule has 1 aliphatic heterocycles. The molecular formula is C24H21N5O4S. The van der Waals surface area contributed by atoms with Crippen LogP contribution in [0.15, 0.2) is 54.6 Å². The molecular weight excluding hydrogens is 454 g/mol. The summed E-state index contributed by atoms with van der Waals surface area (Å²) in [4.78, 5) is 54.2. The van der Waals surface area contributed by atoms with Gasteiger partial charge in [-0.25, -0.2) is 9.99 Å². The summed E-state index contributed by atoms with van der Waals surface area (Å²) >= 11 is 1.28. The Kier molecular flexibility index (Phi) is 5.58. The van der Waals surface area contributed by atoms with Crippen LogP contribution in [-0.4, -0.2) is 28.6 Å². The Hall–Kier alpha value is -4.05. The Morgan fingerprint density at radius 3 is 2.65 bits per heavy atom. The van der Waals surface area contributed by atoms with Crippen molar-refractivity contribution in [1.29, 1.82) is 0 Å². The van der Waals surface area contributed by atoms with Crippen molar-refractivity contribution >= 4 is 61.7 Å². The van der Waals surface area contributed by atoms with Crippen LogP contribution in [0.4, 0.5) is 16.5 Å². The van der Waals surface area contributed by atoms with Crippen molar-refractivity contribution in [3.8, 4) is 0 Å². The molecule has 1 aliphatic carbocycles. The predicted molar refractivity (Wildman–Crippen MR) is 129 cm³/mol. The van der Waals surface area contributed by atoms with E-state index in [9.17, 15) is 19.2 Å². The highest BCUT2D eigenvalue weighted by Crippen LogP contribution is 2.33. The molecule has 0 bridgehead atoms. The van der Waals surface area contributed by atoms with Gasteiger partial charge in [0.15, 0.2) is 5.13 Å². The first kappa shape index (κ1) is 21.8. The number of benzene rings is 2. The number of anilines is 3. The fraction of sp³-hybridized carbons (Fsp3) is 0.208. The zero-order valence-electron chi connectivity index (χ0n) is 18.2. The molecule has 5 rings (SSSR count). The van der Waals surface area contributed by atoms with Crippen molar-refractivity contribution in [2.24, 2.45) is 11.8 Å². The molecule has 2 atom stereocenters. The monoisotopic (exact) mass is 475 g/mol. The molecule has 1 fully saturated rings. The number of allylic oxidation sites excluding steroid dienone is 2. The summed E-state index contributed by atoms with van der Waals surface area (Å²) in [6, 6.07) is 11.8. The summed E-state index contributed by atoms with van der Waals surface area (Å²) in [5.74, 6) is -1.70. The number of amides is 4. The molecule has 1 saturated heterocycles. The minimum atomic E-state index is -0.402. The number of thiazole rings is 1. The third-order valence-corrected chi connectivity index (χ3v) is 6.76. The zero-order valence-corrected chi connectivity index (χ0v) is 19.0. The van der Waals surface area contributed by atoms with Gasteiger partial charge in [-0.3, -0.25) is 29.9 Å². The number of rotatable bonds is 4. The lowest BCUT2D eigenvalue weighted by Crippen LogP contribution is -2.59. The largest absolute Gasteiger partial charge is 0.326 e. The summed E-state index contributed by atoms with van der Waals surface area (Å²) in [6.45, 7) is 1.43. The third kappa shape index (κ3) is 4.15. The number of carbonyl (C=O) groups is 4. The summed E-state index contributed by atoms with van der Waals surface area (Å²) in [5, 5.41) is 7.15. The number of carbonyl (C=O) groups excluding carboxylic acids is 4. The molecule has 0 radical (unpaired) electrons.